The van der Waals surface area contributed by atoms with Crippen molar-refractivity contribution in [2.45, 2.75) is 56.7 Å². The van der Waals surface area contributed by atoms with Crippen molar-refractivity contribution < 1.29 is 19.4 Å². The van der Waals surface area contributed by atoms with Gasteiger partial charge in [0.2, 0.25) is 0 Å². The number of aliphatic hydroxyl groups excluding tert-OH is 1. The molecule has 1 aromatic carbocycles. The van der Waals surface area contributed by atoms with E-state index in [4.69, 9.17) is 9.47 Å². The van der Waals surface area contributed by atoms with Crippen LogP contribution in [0.4, 0.5) is 4.79 Å². The quantitative estimate of drug-likeness (QED) is 0.878. The van der Waals surface area contributed by atoms with Crippen LogP contribution in [0.1, 0.15) is 50.1 Å². The zero-order valence-corrected chi connectivity index (χ0v) is 15.0. The second kappa shape index (κ2) is 7.95. The number of aliphatic hydroxyl groups is 1. The number of methoxy groups -OCH3 is 2. The van der Waals surface area contributed by atoms with Crippen LogP contribution in [-0.4, -0.2) is 48.9 Å². The Balaban J connectivity index is 1.68. The number of rotatable bonds is 4. The summed E-state index contributed by atoms with van der Waals surface area (Å²) in [7, 11) is 3.24. The summed E-state index contributed by atoms with van der Waals surface area (Å²) in [5.41, 5.74) is 1.07. The lowest BCUT2D eigenvalue weighted by Crippen LogP contribution is -2.46. The predicted molar refractivity (Wildman–Crippen MR) is 95.0 cm³/mol. The number of ether oxygens (including phenoxy) is 2. The highest BCUT2D eigenvalue weighted by atomic mass is 16.5. The number of likely N-dealkylation sites (tertiary alicyclic amines) is 1. The van der Waals surface area contributed by atoms with Crippen LogP contribution in [0.2, 0.25) is 0 Å². The van der Waals surface area contributed by atoms with Gasteiger partial charge in [-0.3, -0.25) is 0 Å². The van der Waals surface area contributed by atoms with Crippen LogP contribution in [0, 0.1) is 0 Å². The number of hydrogen-bond acceptors (Lipinski definition) is 4. The molecule has 0 bridgehead atoms. The van der Waals surface area contributed by atoms with Crippen molar-refractivity contribution in [2.75, 3.05) is 20.8 Å². The third-order valence-electron chi connectivity index (χ3n) is 5.33. The van der Waals surface area contributed by atoms with Crippen LogP contribution >= 0.6 is 0 Å². The number of nitrogens with one attached hydrogen (secondary N) is 1. The summed E-state index contributed by atoms with van der Waals surface area (Å²) in [5.74, 6) is 1.38. The number of benzene rings is 1. The van der Waals surface area contributed by atoms with Gasteiger partial charge in [-0.15, -0.1) is 0 Å². The Morgan fingerprint density at radius 1 is 1.12 bits per heavy atom. The van der Waals surface area contributed by atoms with Crippen LogP contribution in [-0.2, 0) is 0 Å². The molecule has 2 aliphatic rings. The van der Waals surface area contributed by atoms with E-state index in [1.54, 1.807) is 14.2 Å². The van der Waals surface area contributed by atoms with Gasteiger partial charge in [0.15, 0.2) is 11.5 Å². The van der Waals surface area contributed by atoms with Crippen molar-refractivity contribution in [3.8, 4) is 11.5 Å². The van der Waals surface area contributed by atoms with Gasteiger partial charge in [0.05, 0.1) is 26.4 Å². The fourth-order valence-electron chi connectivity index (χ4n) is 3.89. The van der Waals surface area contributed by atoms with Gasteiger partial charge in [0.25, 0.3) is 0 Å². The van der Waals surface area contributed by atoms with E-state index < -0.39 is 0 Å². The largest absolute Gasteiger partial charge is 0.493 e. The van der Waals surface area contributed by atoms with Gasteiger partial charge in [0.1, 0.15) is 0 Å². The Kier molecular flexibility index (Phi) is 5.68. The zero-order valence-electron chi connectivity index (χ0n) is 15.0. The molecule has 1 aromatic rings. The molecule has 138 valence electrons. The van der Waals surface area contributed by atoms with E-state index in [9.17, 15) is 9.90 Å². The molecule has 3 rings (SSSR count). The Morgan fingerprint density at radius 2 is 1.84 bits per heavy atom. The minimum atomic E-state index is -0.209. The van der Waals surface area contributed by atoms with Crippen LogP contribution in [0.3, 0.4) is 0 Å². The molecule has 2 amide bonds. The fourth-order valence-corrected chi connectivity index (χ4v) is 3.89. The number of carbonyl (C=O) groups is 1. The third kappa shape index (κ3) is 4.00. The first-order valence-corrected chi connectivity index (χ1v) is 9.09. The van der Waals surface area contributed by atoms with Crippen molar-refractivity contribution in [3.63, 3.8) is 0 Å². The molecule has 0 spiro atoms. The first-order valence-electron chi connectivity index (χ1n) is 9.09. The molecule has 1 saturated carbocycles. The summed E-state index contributed by atoms with van der Waals surface area (Å²) in [6.07, 6.45) is 4.97. The lowest BCUT2D eigenvalue weighted by Gasteiger charge is -2.31. The first kappa shape index (κ1) is 17.9. The van der Waals surface area contributed by atoms with Gasteiger partial charge in [0, 0.05) is 12.6 Å². The molecule has 1 unspecified atom stereocenters. The molecule has 1 aliphatic heterocycles. The van der Waals surface area contributed by atoms with Crippen LogP contribution < -0.4 is 14.8 Å². The average molecular weight is 348 g/mol. The highest BCUT2D eigenvalue weighted by Crippen LogP contribution is 2.37. The summed E-state index contributed by atoms with van der Waals surface area (Å²) >= 11 is 0. The van der Waals surface area contributed by atoms with Gasteiger partial charge in [-0.1, -0.05) is 6.07 Å². The number of carbonyl (C=O) groups excluding carboxylic acids is 1. The van der Waals surface area contributed by atoms with Gasteiger partial charge in [-0.25, -0.2) is 4.79 Å². The maximum atomic E-state index is 12.8. The second-order valence-electron chi connectivity index (χ2n) is 6.92. The maximum absolute atomic E-state index is 12.8. The summed E-state index contributed by atoms with van der Waals surface area (Å²) in [6.45, 7) is 0.764. The van der Waals surface area contributed by atoms with Crippen molar-refractivity contribution in [1.82, 2.24) is 10.2 Å². The molecule has 1 aliphatic carbocycles. The topological polar surface area (TPSA) is 71.0 Å². The van der Waals surface area contributed by atoms with Gasteiger partial charge in [-0.2, -0.15) is 0 Å². The molecule has 1 atom stereocenters. The summed E-state index contributed by atoms with van der Waals surface area (Å²) in [4.78, 5) is 14.7. The summed E-state index contributed by atoms with van der Waals surface area (Å²) in [6, 6.07) is 6.10. The predicted octanol–water partition coefficient (Wildman–Crippen LogP) is 2.85. The number of hydrogen-bond donors (Lipinski definition) is 2. The Morgan fingerprint density at radius 3 is 2.52 bits per heavy atom. The minimum absolute atomic E-state index is 0.00123. The molecule has 0 aromatic heterocycles. The number of nitrogens with zero attached hydrogens (tertiary/aromatic N) is 1. The zero-order chi connectivity index (χ0) is 17.8. The molecular weight excluding hydrogens is 320 g/mol. The van der Waals surface area contributed by atoms with E-state index >= 15 is 0 Å². The summed E-state index contributed by atoms with van der Waals surface area (Å²) in [5, 5.41) is 12.8. The Bertz CT molecular complexity index is 599. The van der Waals surface area contributed by atoms with Crippen molar-refractivity contribution in [3.05, 3.63) is 23.8 Å². The number of amides is 2. The van der Waals surface area contributed by atoms with Gasteiger partial charge >= 0.3 is 6.03 Å². The van der Waals surface area contributed by atoms with E-state index in [0.717, 1.165) is 50.6 Å². The van der Waals surface area contributed by atoms with Crippen LogP contribution in [0.5, 0.6) is 11.5 Å². The molecule has 0 radical (unpaired) electrons. The molecule has 2 N–H and O–H groups in total. The summed E-state index contributed by atoms with van der Waals surface area (Å²) < 4.78 is 10.7. The standard InChI is InChI=1S/C19H28N2O4/c1-24-17-10-5-13(12-18(17)25-2)16-4-3-11-21(16)19(23)20-14-6-8-15(22)9-7-14/h5,10,12,14-16,22H,3-4,6-9,11H2,1-2H3,(H,20,23). The molecule has 2 fully saturated rings. The highest BCUT2D eigenvalue weighted by Gasteiger charge is 2.32. The molecule has 1 saturated heterocycles. The van der Waals surface area contributed by atoms with E-state index in [1.807, 2.05) is 23.1 Å². The second-order valence-corrected chi connectivity index (χ2v) is 6.92. The van der Waals surface area contributed by atoms with Gasteiger partial charge < -0.3 is 24.8 Å². The smallest absolute Gasteiger partial charge is 0.318 e. The molecule has 25 heavy (non-hydrogen) atoms. The fraction of sp³-hybridized carbons (Fsp3) is 0.632. The first-order chi connectivity index (χ1) is 12.1. The van der Waals surface area contributed by atoms with Crippen LogP contribution in [0.25, 0.3) is 0 Å². The van der Waals surface area contributed by atoms with E-state index in [-0.39, 0.29) is 24.2 Å². The van der Waals surface area contributed by atoms with Gasteiger partial charge in [-0.05, 0) is 56.2 Å². The Hall–Kier alpha value is -1.95. The lowest BCUT2D eigenvalue weighted by molar-refractivity contribution is 0.114. The van der Waals surface area contributed by atoms with E-state index in [0.29, 0.717) is 11.5 Å². The van der Waals surface area contributed by atoms with Crippen molar-refractivity contribution >= 4 is 6.03 Å². The molecule has 1 heterocycles. The minimum Gasteiger partial charge on any atom is -0.493 e. The Labute approximate surface area is 149 Å². The lowest BCUT2D eigenvalue weighted by atomic mass is 9.93. The van der Waals surface area contributed by atoms with E-state index in [2.05, 4.69) is 5.32 Å². The average Bonchev–Trinajstić information content (AvgIpc) is 3.13. The van der Waals surface area contributed by atoms with E-state index in [1.165, 1.54) is 0 Å². The normalized spacial score (nSPS) is 26.4. The highest BCUT2D eigenvalue weighted by molar-refractivity contribution is 5.75. The SMILES string of the molecule is COc1ccc(C2CCCN2C(=O)NC2CCC(O)CC2)cc1OC. The number of urea groups is 1. The molecule has 6 nitrogen and oxygen atoms in total. The van der Waals surface area contributed by atoms with Crippen molar-refractivity contribution in [1.29, 1.82) is 0 Å². The molecule has 6 heteroatoms. The maximum Gasteiger partial charge on any atom is 0.318 e. The third-order valence-corrected chi connectivity index (χ3v) is 5.33. The molecular formula is C19H28N2O4. The van der Waals surface area contributed by atoms with Crippen molar-refractivity contribution in [2.24, 2.45) is 0 Å². The monoisotopic (exact) mass is 348 g/mol. The van der Waals surface area contributed by atoms with Crippen LogP contribution in [0.15, 0.2) is 18.2 Å².